The highest BCUT2D eigenvalue weighted by Crippen LogP contribution is 2.21. The molecule has 0 aromatic carbocycles. The van der Waals surface area contributed by atoms with Gasteiger partial charge in [-0.25, -0.2) is 4.98 Å². The van der Waals surface area contributed by atoms with Crippen LogP contribution in [0.25, 0.3) is 0 Å². The molecule has 1 aliphatic heterocycles. The molecule has 1 unspecified atom stereocenters. The molecule has 1 saturated heterocycles. The molecule has 0 spiro atoms. The van der Waals surface area contributed by atoms with Crippen molar-refractivity contribution in [2.24, 2.45) is 5.92 Å². The van der Waals surface area contributed by atoms with Crippen LogP contribution in [0.2, 0.25) is 10.3 Å². The number of hydrogen-bond donors (Lipinski definition) is 1. The Morgan fingerprint density at radius 2 is 2.00 bits per heavy atom. The van der Waals surface area contributed by atoms with E-state index in [1.54, 1.807) is 0 Å². The van der Waals surface area contributed by atoms with Crippen molar-refractivity contribution in [1.82, 2.24) is 10.3 Å². The number of Topliss-reactive ketones (excluding diaryl/α,β-unsaturated/α-hetero) is 1. The molecule has 1 aromatic rings. The summed E-state index contributed by atoms with van der Waals surface area (Å²) in [7, 11) is 0. The highest BCUT2D eigenvalue weighted by atomic mass is 35.5. The number of carbonyl (C=O) groups excluding carboxylic acids is 2. The average molecular weight is 273 g/mol. The van der Waals surface area contributed by atoms with Crippen LogP contribution < -0.4 is 5.32 Å². The fourth-order valence-corrected chi connectivity index (χ4v) is 2.26. The molecule has 0 bridgehead atoms. The van der Waals surface area contributed by atoms with E-state index < -0.39 is 0 Å². The van der Waals surface area contributed by atoms with E-state index in [9.17, 15) is 9.59 Å². The molecule has 17 heavy (non-hydrogen) atoms. The monoisotopic (exact) mass is 272 g/mol. The minimum atomic E-state index is -0.206. The Labute approximate surface area is 108 Å². The Kier molecular flexibility index (Phi) is 3.64. The molecule has 6 heteroatoms. The highest BCUT2D eigenvalue weighted by Gasteiger charge is 2.25. The molecule has 0 aliphatic carbocycles. The van der Waals surface area contributed by atoms with E-state index >= 15 is 0 Å². The second-order valence-electron chi connectivity index (χ2n) is 3.91. The summed E-state index contributed by atoms with van der Waals surface area (Å²) in [5, 5.41) is 3.06. The quantitative estimate of drug-likeness (QED) is 0.663. The van der Waals surface area contributed by atoms with E-state index in [1.165, 1.54) is 12.1 Å². The highest BCUT2D eigenvalue weighted by molar-refractivity contribution is 6.33. The third kappa shape index (κ3) is 2.96. The zero-order valence-electron chi connectivity index (χ0n) is 8.87. The number of aromatic nitrogens is 1. The molecule has 2 rings (SSSR count). The van der Waals surface area contributed by atoms with Gasteiger partial charge in [0.1, 0.15) is 10.3 Å². The summed E-state index contributed by atoms with van der Waals surface area (Å²) in [6, 6.07) is 2.98. The molecule has 90 valence electrons. The number of halogens is 2. The van der Waals surface area contributed by atoms with Gasteiger partial charge < -0.3 is 5.32 Å². The fourth-order valence-electron chi connectivity index (χ4n) is 1.80. The number of amides is 1. The average Bonchev–Trinajstić information content (AvgIpc) is 2.28. The Balaban J connectivity index is 2.16. The Bertz CT molecular complexity index is 446. The van der Waals surface area contributed by atoms with Crippen molar-refractivity contribution in [3.05, 3.63) is 28.0 Å². The fraction of sp³-hybridized carbons (Fsp3) is 0.364. The third-order valence-corrected chi connectivity index (χ3v) is 3.07. The van der Waals surface area contributed by atoms with Crippen LogP contribution in [0.4, 0.5) is 0 Å². The van der Waals surface area contributed by atoms with Crippen LogP contribution in [-0.2, 0) is 4.79 Å². The van der Waals surface area contributed by atoms with E-state index in [2.05, 4.69) is 10.3 Å². The molecule has 2 heterocycles. The minimum Gasteiger partial charge on any atom is -0.355 e. The number of hydrogen-bond acceptors (Lipinski definition) is 3. The van der Waals surface area contributed by atoms with Crippen molar-refractivity contribution >= 4 is 34.9 Å². The van der Waals surface area contributed by atoms with Crippen LogP contribution in [0, 0.1) is 5.92 Å². The number of ketones is 1. The van der Waals surface area contributed by atoms with Gasteiger partial charge >= 0.3 is 0 Å². The number of carbonyl (C=O) groups is 2. The lowest BCUT2D eigenvalue weighted by molar-refractivity contribution is -0.122. The van der Waals surface area contributed by atoms with E-state index in [-0.39, 0.29) is 27.9 Å². The number of pyridine rings is 1. The first-order valence-electron chi connectivity index (χ1n) is 5.20. The van der Waals surface area contributed by atoms with Crippen molar-refractivity contribution in [3.8, 4) is 0 Å². The standard InChI is InChI=1S/C11H10Cl2N2O2/c12-8-3-7(4-9(13)15-8)11(17)6-1-2-10(16)14-5-6/h3-4,6H,1-2,5H2,(H,14,16). The van der Waals surface area contributed by atoms with Gasteiger partial charge in [-0.2, -0.15) is 0 Å². The van der Waals surface area contributed by atoms with E-state index in [1.807, 2.05) is 0 Å². The summed E-state index contributed by atoms with van der Waals surface area (Å²) < 4.78 is 0. The molecule has 1 N–H and O–H groups in total. The summed E-state index contributed by atoms with van der Waals surface area (Å²) in [4.78, 5) is 26.9. The zero-order valence-corrected chi connectivity index (χ0v) is 10.4. The second-order valence-corrected chi connectivity index (χ2v) is 4.68. The normalized spacial score (nSPS) is 19.9. The smallest absolute Gasteiger partial charge is 0.220 e. The van der Waals surface area contributed by atoms with Crippen LogP contribution in [-0.4, -0.2) is 23.2 Å². The number of piperidine rings is 1. The van der Waals surface area contributed by atoms with Gasteiger partial charge in [0.2, 0.25) is 5.91 Å². The Morgan fingerprint density at radius 3 is 2.53 bits per heavy atom. The molecule has 1 aromatic heterocycles. The first kappa shape index (κ1) is 12.3. The third-order valence-electron chi connectivity index (χ3n) is 2.68. The molecule has 1 atom stereocenters. The minimum absolute atomic E-state index is 0.0140. The van der Waals surface area contributed by atoms with Crippen LogP contribution in [0.15, 0.2) is 12.1 Å². The van der Waals surface area contributed by atoms with Gasteiger partial charge in [0.15, 0.2) is 5.78 Å². The Hall–Kier alpha value is -1.13. The first-order valence-corrected chi connectivity index (χ1v) is 5.96. The lowest BCUT2D eigenvalue weighted by Crippen LogP contribution is -2.38. The van der Waals surface area contributed by atoms with Crippen molar-refractivity contribution in [2.75, 3.05) is 6.54 Å². The lowest BCUT2D eigenvalue weighted by atomic mass is 9.91. The summed E-state index contributed by atoms with van der Waals surface area (Å²) in [5.41, 5.74) is 0.441. The molecule has 1 amide bonds. The second kappa shape index (κ2) is 5.02. The number of nitrogens with zero attached hydrogens (tertiary/aromatic N) is 1. The van der Waals surface area contributed by atoms with Gasteiger partial charge in [-0.3, -0.25) is 9.59 Å². The van der Waals surface area contributed by atoms with Gasteiger partial charge in [0.05, 0.1) is 0 Å². The van der Waals surface area contributed by atoms with Crippen LogP contribution in [0.5, 0.6) is 0 Å². The summed E-state index contributed by atoms with van der Waals surface area (Å²) in [6.07, 6.45) is 0.936. The molecule has 1 aliphatic rings. The van der Waals surface area contributed by atoms with Gasteiger partial charge in [-0.15, -0.1) is 0 Å². The van der Waals surface area contributed by atoms with Gasteiger partial charge in [0, 0.05) is 24.4 Å². The topological polar surface area (TPSA) is 59.1 Å². The van der Waals surface area contributed by atoms with Crippen molar-refractivity contribution in [3.63, 3.8) is 0 Å². The maximum atomic E-state index is 12.1. The number of rotatable bonds is 2. The van der Waals surface area contributed by atoms with Crippen molar-refractivity contribution in [1.29, 1.82) is 0 Å². The van der Waals surface area contributed by atoms with E-state index in [0.717, 1.165) is 0 Å². The molecule has 1 fully saturated rings. The molecule has 0 saturated carbocycles. The molecular formula is C11H10Cl2N2O2. The molecule has 0 radical (unpaired) electrons. The largest absolute Gasteiger partial charge is 0.355 e. The summed E-state index contributed by atoms with van der Waals surface area (Å²) in [5.74, 6) is -0.279. The first-order chi connectivity index (χ1) is 8.06. The Morgan fingerprint density at radius 1 is 1.35 bits per heavy atom. The maximum absolute atomic E-state index is 12.1. The molecular weight excluding hydrogens is 263 g/mol. The predicted molar refractivity (Wildman–Crippen MR) is 64.3 cm³/mol. The summed E-state index contributed by atoms with van der Waals surface area (Å²) >= 11 is 11.5. The summed E-state index contributed by atoms with van der Waals surface area (Å²) in [6.45, 7) is 0.370. The lowest BCUT2D eigenvalue weighted by Gasteiger charge is -2.21. The van der Waals surface area contributed by atoms with Gasteiger partial charge in [-0.05, 0) is 18.6 Å². The van der Waals surface area contributed by atoms with E-state index in [0.29, 0.717) is 24.9 Å². The van der Waals surface area contributed by atoms with Crippen molar-refractivity contribution in [2.45, 2.75) is 12.8 Å². The van der Waals surface area contributed by atoms with E-state index in [4.69, 9.17) is 23.2 Å². The van der Waals surface area contributed by atoms with Crippen LogP contribution >= 0.6 is 23.2 Å². The maximum Gasteiger partial charge on any atom is 0.220 e. The predicted octanol–water partition coefficient (Wildman–Crippen LogP) is 2.10. The zero-order chi connectivity index (χ0) is 12.4. The van der Waals surface area contributed by atoms with Gasteiger partial charge in [-0.1, -0.05) is 23.2 Å². The van der Waals surface area contributed by atoms with Crippen LogP contribution in [0.1, 0.15) is 23.2 Å². The molecule has 4 nitrogen and oxygen atoms in total. The van der Waals surface area contributed by atoms with Gasteiger partial charge in [0.25, 0.3) is 0 Å². The SMILES string of the molecule is O=C1CCC(C(=O)c2cc(Cl)nc(Cl)c2)CN1. The van der Waals surface area contributed by atoms with Crippen LogP contribution in [0.3, 0.4) is 0 Å². The van der Waals surface area contributed by atoms with Crippen molar-refractivity contribution < 1.29 is 9.59 Å². The number of nitrogens with one attached hydrogen (secondary N) is 1.